The highest BCUT2D eigenvalue weighted by molar-refractivity contribution is 8.03. The summed E-state index contributed by atoms with van der Waals surface area (Å²) in [5, 5.41) is -0.407. The minimum Gasteiger partial charge on any atom is -0.457 e. The van der Waals surface area contributed by atoms with Gasteiger partial charge in [0.05, 0.1) is 11.3 Å². The normalized spacial score (nSPS) is 38.5. The molecule has 9 heteroatoms. The van der Waals surface area contributed by atoms with Gasteiger partial charge in [0.25, 0.3) is 0 Å². The van der Waals surface area contributed by atoms with Gasteiger partial charge < -0.3 is 9.47 Å². The van der Waals surface area contributed by atoms with Gasteiger partial charge >= 0.3 is 11.9 Å². The third kappa shape index (κ3) is 3.11. The minimum absolute atomic E-state index is 0.0101. The quantitative estimate of drug-likeness (QED) is 0.498. The molecule has 0 amide bonds. The first-order chi connectivity index (χ1) is 12.8. The van der Waals surface area contributed by atoms with E-state index in [4.69, 9.17) is 9.47 Å². The van der Waals surface area contributed by atoms with Crippen molar-refractivity contribution in [3.05, 3.63) is 12.7 Å². The molecule has 0 aromatic heterocycles. The molecular formula is C18H25NO6S2. The zero-order chi connectivity index (χ0) is 19.3. The first-order valence-electron chi connectivity index (χ1n) is 9.56. The maximum Gasteiger partial charge on any atom is 0.347 e. The third-order valence-corrected chi connectivity index (χ3v) is 10.4. The Balaban J connectivity index is 1.54. The molecule has 150 valence electrons. The Morgan fingerprint density at radius 1 is 1.26 bits per heavy atom. The van der Waals surface area contributed by atoms with Crippen molar-refractivity contribution in [1.82, 2.24) is 4.31 Å². The van der Waals surface area contributed by atoms with Gasteiger partial charge in [-0.2, -0.15) is 4.31 Å². The van der Waals surface area contributed by atoms with Crippen LogP contribution in [0.25, 0.3) is 0 Å². The van der Waals surface area contributed by atoms with Crippen molar-refractivity contribution in [3.63, 3.8) is 0 Å². The maximum absolute atomic E-state index is 13.2. The van der Waals surface area contributed by atoms with Gasteiger partial charge in [0.15, 0.2) is 6.10 Å². The fraction of sp³-hybridized carbons (Fsp3) is 0.778. The van der Waals surface area contributed by atoms with Crippen molar-refractivity contribution in [2.24, 2.45) is 0 Å². The van der Waals surface area contributed by atoms with Crippen molar-refractivity contribution in [3.8, 4) is 0 Å². The second kappa shape index (κ2) is 7.08. The van der Waals surface area contributed by atoms with E-state index in [1.807, 2.05) is 0 Å². The Bertz CT molecular complexity index is 747. The van der Waals surface area contributed by atoms with E-state index in [9.17, 15) is 18.0 Å². The summed E-state index contributed by atoms with van der Waals surface area (Å²) in [5.41, 5.74) is 0. The molecule has 1 aliphatic carbocycles. The topological polar surface area (TPSA) is 90.0 Å². The fourth-order valence-corrected chi connectivity index (χ4v) is 10.1. The van der Waals surface area contributed by atoms with Gasteiger partial charge in [-0.3, -0.25) is 0 Å². The summed E-state index contributed by atoms with van der Waals surface area (Å²) in [6.07, 6.45) is 4.96. The molecule has 6 atom stereocenters. The molecule has 0 radical (unpaired) electrons. The van der Waals surface area contributed by atoms with Gasteiger partial charge in [-0.1, -0.05) is 25.8 Å². The van der Waals surface area contributed by atoms with Gasteiger partial charge in [0, 0.05) is 22.6 Å². The Hall–Kier alpha value is -1.06. The largest absolute Gasteiger partial charge is 0.457 e. The molecule has 6 unspecified atom stereocenters. The lowest BCUT2D eigenvalue weighted by molar-refractivity contribution is -0.169. The summed E-state index contributed by atoms with van der Waals surface area (Å²) in [5.74, 6) is -1.32. The highest BCUT2D eigenvalue weighted by Gasteiger charge is 2.69. The second-order valence-electron chi connectivity index (χ2n) is 7.76. The molecule has 27 heavy (non-hydrogen) atoms. The standard InChI is InChI=1S/C18H25NO6S2/c1-3-14(20)24-10(2)18(21)25-16-12-9-13-17(26-12)15(16)19(27(13,22)23)11-7-5-4-6-8-11/h3,10-13,15-17H,1,4-9H2,2H3. The molecule has 0 aromatic carbocycles. The summed E-state index contributed by atoms with van der Waals surface area (Å²) >= 11 is 1.64. The lowest BCUT2D eigenvalue weighted by Gasteiger charge is -2.36. The number of carbonyl (C=O) groups is 2. The van der Waals surface area contributed by atoms with Crippen LogP contribution in [0, 0.1) is 0 Å². The van der Waals surface area contributed by atoms with E-state index in [0.717, 1.165) is 38.2 Å². The smallest absolute Gasteiger partial charge is 0.347 e. The lowest BCUT2D eigenvalue weighted by atomic mass is 9.89. The first kappa shape index (κ1) is 19.3. The van der Waals surface area contributed by atoms with Crippen LogP contribution in [0.2, 0.25) is 0 Å². The molecule has 2 bridgehead atoms. The number of esters is 2. The average molecular weight is 416 g/mol. The molecule has 4 rings (SSSR count). The molecule has 4 aliphatic rings. The Morgan fingerprint density at radius 3 is 2.63 bits per heavy atom. The zero-order valence-electron chi connectivity index (χ0n) is 15.3. The SMILES string of the molecule is C=CC(=O)OC(C)C(=O)OC1C2CC3C(S2)C1N(C1CCCCC1)S3(=O)=O. The van der Waals surface area contributed by atoms with E-state index < -0.39 is 34.2 Å². The first-order valence-corrected chi connectivity index (χ1v) is 12.0. The number of thioether (sulfide) groups is 1. The Labute approximate surface area is 163 Å². The summed E-state index contributed by atoms with van der Waals surface area (Å²) in [7, 11) is -3.36. The van der Waals surface area contributed by atoms with E-state index in [-0.39, 0.29) is 27.8 Å². The van der Waals surface area contributed by atoms with Crippen LogP contribution in [0.15, 0.2) is 12.7 Å². The summed E-state index contributed by atoms with van der Waals surface area (Å²) < 4.78 is 38.7. The van der Waals surface area contributed by atoms with Crippen molar-refractivity contribution < 1.29 is 27.5 Å². The van der Waals surface area contributed by atoms with Crippen molar-refractivity contribution in [2.45, 2.75) is 85.5 Å². The van der Waals surface area contributed by atoms with Gasteiger partial charge in [-0.25, -0.2) is 18.0 Å². The second-order valence-corrected chi connectivity index (χ2v) is 11.2. The van der Waals surface area contributed by atoms with E-state index >= 15 is 0 Å². The van der Waals surface area contributed by atoms with Gasteiger partial charge in [0.1, 0.15) is 6.10 Å². The monoisotopic (exact) mass is 415 g/mol. The van der Waals surface area contributed by atoms with Crippen molar-refractivity contribution >= 4 is 33.7 Å². The lowest BCUT2D eigenvalue weighted by Crippen LogP contribution is -2.51. The number of nitrogens with zero attached hydrogens (tertiary/aromatic N) is 1. The third-order valence-electron chi connectivity index (χ3n) is 6.15. The molecule has 3 heterocycles. The van der Waals surface area contributed by atoms with Crippen LogP contribution in [-0.2, 0) is 29.1 Å². The molecule has 0 N–H and O–H groups in total. The molecule has 1 saturated carbocycles. The predicted molar refractivity (Wildman–Crippen MR) is 101 cm³/mol. The highest BCUT2D eigenvalue weighted by Crippen LogP contribution is 2.58. The van der Waals surface area contributed by atoms with E-state index in [0.29, 0.717) is 6.42 Å². The number of fused-ring (bicyclic) bond motifs is 1. The predicted octanol–water partition coefficient (Wildman–Crippen LogP) is 1.62. The number of sulfonamides is 1. The van der Waals surface area contributed by atoms with Crippen LogP contribution in [0.5, 0.6) is 0 Å². The van der Waals surface area contributed by atoms with Crippen molar-refractivity contribution in [2.75, 3.05) is 0 Å². The van der Waals surface area contributed by atoms with Crippen LogP contribution < -0.4 is 0 Å². The van der Waals surface area contributed by atoms with Crippen LogP contribution in [0.4, 0.5) is 0 Å². The molecule has 3 saturated heterocycles. The molecule has 0 spiro atoms. The summed E-state index contributed by atoms with van der Waals surface area (Å²) in [4.78, 5) is 23.8. The Kier molecular flexibility index (Phi) is 5.05. The number of carbonyl (C=O) groups excluding carboxylic acids is 2. The van der Waals surface area contributed by atoms with Gasteiger partial charge in [0.2, 0.25) is 10.0 Å². The molecular weight excluding hydrogens is 390 g/mol. The highest BCUT2D eigenvalue weighted by atomic mass is 32.2. The van der Waals surface area contributed by atoms with Crippen LogP contribution >= 0.6 is 11.8 Å². The van der Waals surface area contributed by atoms with Gasteiger partial charge in [-0.05, 0) is 26.2 Å². The Morgan fingerprint density at radius 2 is 1.96 bits per heavy atom. The number of ether oxygens (including phenoxy) is 2. The zero-order valence-corrected chi connectivity index (χ0v) is 16.9. The number of hydrogen-bond acceptors (Lipinski definition) is 7. The van der Waals surface area contributed by atoms with Crippen molar-refractivity contribution in [1.29, 1.82) is 0 Å². The molecule has 4 fully saturated rings. The molecule has 7 nitrogen and oxygen atoms in total. The van der Waals surface area contributed by atoms with Crippen LogP contribution in [0.1, 0.15) is 45.4 Å². The number of hydrogen-bond donors (Lipinski definition) is 0. The molecule has 0 aromatic rings. The van der Waals surface area contributed by atoms with E-state index in [1.165, 1.54) is 6.92 Å². The minimum atomic E-state index is -3.36. The summed E-state index contributed by atoms with van der Waals surface area (Å²) in [6, 6.07) is -0.283. The fourth-order valence-electron chi connectivity index (χ4n) is 4.97. The van der Waals surface area contributed by atoms with E-state index in [2.05, 4.69) is 6.58 Å². The van der Waals surface area contributed by atoms with E-state index in [1.54, 1.807) is 16.1 Å². The van der Waals surface area contributed by atoms with Gasteiger partial charge in [-0.15, -0.1) is 11.8 Å². The van der Waals surface area contributed by atoms with Crippen LogP contribution in [0.3, 0.4) is 0 Å². The molecule has 3 aliphatic heterocycles. The maximum atomic E-state index is 13.2. The van der Waals surface area contributed by atoms with Crippen LogP contribution in [-0.4, -0.2) is 64.7 Å². The number of rotatable bonds is 5. The average Bonchev–Trinajstić information content (AvgIpc) is 3.26. The summed E-state index contributed by atoms with van der Waals surface area (Å²) in [6.45, 7) is 4.77.